The van der Waals surface area contributed by atoms with Gasteiger partial charge in [0.15, 0.2) is 5.78 Å². The Labute approximate surface area is 178 Å². The number of carbonyl (C=O) groups is 1. The Bertz CT molecular complexity index is 817. The van der Waals surface area contributed by atoms with Gasteiger partial charge in [0.25, 0.3) is 0 Å². The molecule has 0 spiro atoms. The van der Waals surface area contributed by atoms with E-state index in [0.29, 0.717) is 16.5 Å². The molecule has 1 unspecified atom stereocenters. The minimum absolute atomic E-state index is 0. The Morgan fingerprint density at radius 2 is 1.79 bits per heavy atom. The van der Waals surface area contributed by atoms with E-state index in [0.717, 1.165) is 56.6 Å². The largest absolute Gasteiger partial charge is 0.496 e. The number of ether oxygens (including phenoxy) is 1. The summed E-state index contributed by atoms with van der Waals surface area (Å²) >= 11 is 6.37. The lowest BCUT2D eigenvalue weighted by Crippen LogP contribution is -2.40. The predicted molar refractivity (Wildman–Crippen MR) is 116 cm³/mol. The number of piperidine rings is 1. The molecule has 0 aromatic heterocycles. The van der Waals surface area contributed by atoms with Gasteiger partial charge in [0.2, 0.25) is 0 Å². The van der Waals surface area contributed by atoms with Gasteiger partial charge >= 0.3 is 0 Å². The van der Waals surface area contributed by atoms with Crippen molar-refractivity contribution in [2.75, 3.05) is 26.7 Å². The first kappa shape index (κ1) is 21.2. The molecule has 0 saturated carbocycles. The average molecular weight is 420 g/mol. The highest BCUT2D eigenvalue weighted by Crippen LogP contribution is 2.37. The number of hydrogen-bond donors (Lipinski definition) is 0. The van der Waals surface area contributed by atoms with Crippen molar-refractivity contribution in [2.24, 2.45) is 5.92 Å². The van der Waals surface area contributed by atoms with Crippen molar-refractivity contribution in [2.45, 2.75) is 31.6 Å². The Kier molecular flexibility index (Phi) is 7.03. The van der Waals surface area contributed by atoms with Crippen molar-refractivity contribution in [1.29, 1.82) is 0 Å². The van der Waals surface area contributed by atoms with E-state index in [4.69, 9.17) is 16.3 Å². The molecule has 0 bridgehead atoms. The molecule has 2 aromatic rings. The summed E-state index contributed by atoms with van der Waals surface area (Å²) in [6, 6.07) is 14.4. The van der Waals surface area contributed by atoms with Gasteiger partial charge in [0, 0.05) is 23.6 Å². The maximum atomic E-state index is 13.1. The van der Waals surface area contributed by atoms with Crippen LogP contribution < -0.4 is 4.74 Å². The Hall–Kier alpha value is -1.55. The zero-order chi connectivity index (χ0) is 18.8. The fourth-order valence-electron chi connectivity index (χ4n) is 4.62. The van der Waals surface area contributed by atoms with Crippen LogP contribution in [0.5, 0.6) is 5.75 Å². The van der Waals surface area contributed by atoms with Crippen LogP contribution in [0.1, 0.15) is 46.7 Å². The van der Waals surface area contributed by atoms with Gasteiger partial charge in [-0.05, 0) is 62.4 Å². The predicted octanol–water partition coefficient (Wildman–Crippen LogP) is 5.40. The SMILES string of the molecule is COc1ccc(Cl)c2c1CCC(CN1CCC(c3ccccc3)CC1)C2=O.Cl. The smallest absolute Gasteiger partial charge is 0.169 e. The van der Waals surface area contributed by atoms with E-state index in [1.807, 2.05) is 6.07 Å². The molecule has 1 aliphatic carbocycles. The maximum Gasteiger partial charge on any atom is 0.169 e. The molecule has 5 heteroatoms. The number of nitrogens with zero attached hydrogens (tertiary/aromatic N) is 1. The highest BCUT2D eigenvalue weighted by Gasteiger charge is 2.33. The number of fused-ring (bicyclic) bond motifs is 1. The molecule has 4 rings (SSSR count). The molecule has 0 amide bonds. The third-order valence-corrected chi connectivity index (χ3v) is 6.45. The molecule has 1 aliphatic heterocycles. The topological polar surface area (TPSA) is 29.5 Å². The van der Waals surface area contributed by atoms with E-state index in [9.17, 15) is 4.79 Å². The molecule has 0 N–H and O–H groups in total. The summed E-state index contributed by atoms with van der Waals surface area (Å²) in [4.78, 5) is 15.6. The summed E-state index contributed by atoms with van der Waals surface area (Å²) < 4.78 is 5.43. The Morgan fingerprint density at radius 1 is 1.07 bits per heavy atom. The van der Waals surface area contributed by atoms with Gasteiger partial charge in [-0.2, -0.15) is 0 Å². The summed E-state index contributed by atoms with van der Waals surface area (Å²) in [5.74, 6) is 1.65. The molecule has 1 saturated heterocycles. The van der Waals surface area contributed by atoms with Crippen LogP contribution in [0.2, 0.25) is 5.02 Å². The lowest BCUT2D eigenvalue weighted by molar-refractivity contribution is 0.0839. The van der Waals surface area contributed by atoms with E-state index in [2.05, 4.69) is 35.2 Å². The molecule has 2 aromatic carbocycles. The van der Waals surface area contributed by atoms with Gasteiger partial charge in [-0.3, -0.25) is 4.79 Å². The molecule has 0 radical (unpaired) electrons. The third kappa shape index (κ3) is 4.22. The summed E-state index contributed by atoms with van der Waals surface area (Å²) in [7, 11) is 1.65. The van der Waals surface area contributed by atoms with Crippen molar-refractivity contribution in [3.05, 3.63) is 64.2 Å². The maximum absolute atomic E-state index is 13.1. The van der Waals surface area contributed by atoms with Crippen molar-refractivity contribution in [3.63, 3.8) is 0 Å². The van der Waals surface area contributed by atoms with Gasteiger partial charge in [-0.1, -0.05) is 41.9 Å². The molecule has 150 valence electrons. The van der Waals surface area contributed by atoms with E-state index < -0.39 is 0 Å². The van der Waals surface area contributed by atoms with Crippen LogP contribution in [0.15, 0.2) is 42.5 Å². The molecule has 1 fully saturated rings. The number of rotatable bonds is 4. The van der Waals surface area contributed by atoms with E-state index in [1.165, 1.54) is 5.56 Å². The van der Waals surface area contributed by atoms with Gasteiger partial charge in [-0.25, -0.2) is 0 Å². The van der Waals surface area contributed by atoms with E-state index >= 15 is 0 Å². The number of likely N-dealkylation sites (tertiary alicyclic amines) is 1. The third-order valence-electron chi connectivity index (χ3n) is 6.14. The highest BCUT2D eigenvalue weighted by atomic mass is 35.5. The number of Topliss-reactive ketones (excluding diaryl/α,β-unsaturated/α-hetero) is 1. The van der Waals surface area contributed by atoms with Crippen LogP contribution in [0, 0.1) is 5.92 Å². The van der Waals surface area contributed by atoms with E-state index in [-0.39, 0.29) is 24.1 Å². The van der Waals surface area contributed by atoms with Crippen LogP contribution in [0.3, 0.4) is 0 Å². The van der Waals surface area contributed by atoms with E-state index in [1.54, 1.807) is 13.2 Å². The summed E-state index contributed by atoms with van der Waals surface area (Å²) in [6.45, 7) is 2.96. The summed E-state index contributed by atoms with van der Waals surface area (Å²) in [6.07, 6.45) is 4.06. The fourth-order valence-corrected chi connectivity index (χ4v) is 4.89. The number of halogens is 2. The van der Waals surface area contributed by atoms with Crippen LogP contribution in [0.25, 0.3) is 0 Å². The molecule has 28 heavy (non-hydrogen) atoms. The molecule has 1 atom stereocenters. The Morgan fingerprint density at radius 3 is 2.46 bits per heavy atom. The normalized spacial score (nSPS) is 20.4. The fraction of sp³-hybridized carbons (Fsp3) is 0.435. The molecule has 3 nitrogen and oxygen atoms in total. The monoisotopic (exact) mass is 419 g/mol. The van der Waals surface area contributed by atoms with Crippen LogP contribution >= 0.6 is 24.0 Å². The number of carbonyl (C=O) groups excluding carboxylic acids is 1. The quantitative estimate of drug-likeness (QED) is 0.664. The van der Waals surface area contributed by atoms with Gasteiger partial charge in [0.1, 0.15) is 5.75 Å². The molecule has 1 heterocycles. The van der Waals surface area contributed by atoms with Crippen molar-refractivity contribution < 1.29 is 9.53 Å². The first-order valence-electron chi connectivity index (χ1n) is 9.84. The molecular formula is C23H27Cl2NO2. The first-order valence-corrected chi connectivity index (χ1v) is 10.2. The number of methoxy groups -OCH3 is 1. The van der Waals surface area contributed by atoms with Crippen LogP contribution in [-0.2, 0) is 6.42 Å². The second-order valence-corrected chi connectivity index (χ2v) is 8.10. The minimum atomic E-state index is 0. The minimum Gasteiger partial charge on any atom is -0.496 e. The summed E-state index contributed by atoms with van der Waals surface area (Å²) in [5, 5.41) is 0.559. The average Bonchev–Trinajstić information content (AvgIpc) is 2.71. The lowest BCUT2D eigenvalue weighted by Gasteiger charge is -2.35. The second-order valence-electron chi connectivity index (χ2n) is 7.69. The van der Waals surface area contributed by atoms with Crippen molar-refractivity contribution >= 4 is 29.8 Å². The van der Waals surface area contributed by atoms with Gasteiger partial charge < -0.3 is 9.64 Å². The highest BCUT2D eigenvalue weighted by molar-refractivity contribution is 6.34. The van der Waals surface area contributed by atoms with Crippen molar-refractivity contribution in [3.8, 4) is 5.75 Å². The zero-order valence-corrected chi connectivity index (χ0v) is 17.8. The molecule has 2 aliphatic rings. The number of hydrogen-bond acceptors (Lipinski definition) is 3. The van der Waals surface area contributed by atoms with Crippen LogP contribution in [-0.4, -0.2) is 37.4 Å². The summed E-state index contributed by atoms with van der Waals surface area (Å²) in [5.41, 5.74) is 3.11. The van der Waals surface area contributed by atoms with Gasteiger partial charge in [-0.15, -0.1) is 12.4 Å². The Balaban J connectivity index is 0.00000225. The lowest BCUT2D eigenvalue weighted by atomic mass is 9.81. The second kappa shape index (κ2) is 9.30. The zero-order valence-electron chi connectivity index (χ0n) is 16.2. The van der Waals surface area contributed by atoms with Crippen molar-refractivity contribution in [1.82, 2.24) is 4.90 Å². The standard InChI is InChI=1S/C23H26ClNO2.ClH/c1-27-21-10-9-20(24)22-19(21)8-7-18(23(22)26)15-25-13-11-17(12-14-25)16-5-3-2-4-6-16;/h2-6,9-10,17-18H,7-8,11-15H2,1H3;1H. The first-order chi connectivity index (χ1) is 13.2. The number of benzene rings is 2. The molecular weight excluding hydrogens is 393 g/mol. The number of ketones is 1. The van der Waals surface area contributed by atoms with Crippen LogP contribution in [0.4, 0.5) is 0 Å². The van der Waals surface area contributed by atoms with Gasteiger partial charge in [0.05, 0.1) is 12.1 Å².